The van der Waals surface area contributed by atoms with E-state index >= 15 is 0 Å². The number of amides is 1. The van der Waals surface area contributed by atoms with Crippen molar-refractivity contribution in [2.45, 2.75) is 13.1 Å². The van der Waals surface area contributed by atoms with Gasteiger partial charge in [0, 0.05) is 48.3 Å². The third kappa shape index (κ3) is 5.26. The number of anilines is 1. The van der Waals surface area contributed by atoms with Gasteiger partial charge in [-0.2, -0.15) is 13.2 Å². The van der Waals surface area contributed by atoms with E-state index in [4.69, 9.17) is 0 Å². The number of carbonyl (C=O) groups excluding carboxylic acids is 2. The van der Waals surface area contributed by atoms with Crippen molar-refractivity contribution >= 4 is 28.3 Å². The first-order valence-electron chi connectivity index (χ1n) is 10.7. The molecular weight excluding hydrogens is 433 g/mol. The average molecular weight is 458 g/mol. The molecule has 0 atom stereocenters. The van der Waals surface area contributed by atoms with Crippen molar-refractivity contribution in [3.05, 3.63) is 65.4 Å². The summed E-state index contributed by atoms with van der Waals surface area (Å²) in [5.41, 5.74) is 1.37. The van der Waals surface area contributed by atoms with Crippen LogP contribution in [0, 0.1) is 6.92 Å². The van der Waals surface area contributed by atoms with Crippen molar-refractivity contribution < 1.29 is 22.8 Å². The number of hydrogen-bond donors (Lipinski definition) is 2. The van der Waals surface area contributed by atoms with Crippen molar-refractivity contribution in [1.29, 1.82) is 0 Å². The fourth-order valence-electron chi connectivity index (χ4n) is 4.26. The topological polar surface area (TPSA) is 68.4 Å². The van der Waals surface area contributed by atoms with Gasteiger partial charge in [-0.15, -0.1) is 0 Å². The van der Waals surface area contributed by atoms with E-state index in [2.05, 4.69) is 10.3 Å². The molecule has 0 unspecified atom stereocenters. The van der Waals surface area contributed by atoms with E-state index in [1.807, 2.05) is 41.0 Å². The van der Waals surface area contributed by atoms with E-state index in [1.165, 1.54) is 18.2 Å². The Balaban J connectivity index is 1.30. The van der Waals surface area contributed by atoms with E-state index in [9.17, 15) is 22.8 Å². The Bertz CT molecular complexity index is 1160. The number of aromatic nitrogens is 1. The lowest BCUT2D eigenvalue weighted by atomic mass is 10.1. The number of nitrogens with one attached hydrogen (secondary N) is 2. The molecule has 1 aromatic heterocycles. The first-order valence-corrected chi connectivity index (χ1v) is 10.7. The summed E-state index contributed by atoms with van der Waals surface area (Å²) in [5, 5.41) is 3.29. The summed E-state index contributed by atoms with van der Waals surface area (Å²) in [6.07, 6.45) is -4.54. The highest BCUT2D eigenvalue weighted by atomic mass is 19.4. The molecule has 1 aliphatic heterocycles. The predicted octanol–water partition coefficient (Wildman–Crippen LogP) is 3.93. The van der Waals surface area contributed by atoms with Crippen LogP contribution in [0.3, 0.4) is 0 Å². The standard InChI is InChI=1S/C24H25F3N4O2/c1-16-23(17-6-2-4-8-19(17)28-16)21(32)14-30-10-12-31(13-11-30)15-22(33)29-20-9-5-3-7-18(20)24(25,26)27/h2-9,28H,10-15H2,1H3,(H,29,33). The largest absolute Gasteiger partial charge is 0.418 e. The van der Waals surface area contributed by atoms with Crippen LogP contribution in [0.4, 0.5) is 18.9 Å². The third-order valence-corrected chi connectivity index (χ3v) is 5.88. The summed E-state index contributed by atoms with van der Waals surface area (Å²) in [7, 11) is 0. The Morgan fingerprint density at radius 3 is 2.24 bits per heavy atom. The zero-order valence-corrected chi connectivity index (χ0v) is 18.2. The molecular formula is C24H25F3N4O2. The zero-order valence-electron chi connectivity index (χ0n) is 18.2. The fraction of sp³-hybridized carbons (Fsp3) is 0.333. The molecule has 2 N–H and O–H groups in total. The SMILES string of the molecule is Cc1[nH]c2ccccc2c1C(=O)CN1CCN(CC(=O)Nc2ccccc2C(F)(F)F)CC1. The number of halogens is 3. The Kier molecular flexibility index (Phi) is 6.53. The molecule has 9 heteroatoms. The first-order chi connectivity index (χ1) is 15.7. The van der Waals surface area contributed by atoms with Crippen LogP contribution < -0.4 is 5.32 Å². The Morgan fingerprint density at radius 1 is 0.939 bits per heavy atom. The molecule has 33 heavy (non-hydrogen) atoms. The minimum Gasteiger partial charge on any atom is -0.358 e. The first kappa shape index (κ1) is 23.0. The lowest BCUT2D eigenvalue weighted by molar-refractivity contribution is -0.137. The number of fused-ring (bicyclic) bond motifs is 1. The molecule has 0 radical (unpaired) electrons. The maximum Gasteiger partial charge on any atom is 0.418 e. The third-order valence-electron chi connectivity index (χ3n) is 5.88. The zero-order chi connectivity index (χ0) is 23.6. The van der Waals surface area contributed by atoms with Crippen molar-refractivity contribution in [2.24, 2.45) is 0 Å². The summed E-state index contributed by atoms with van der Waals surface area (Å²) >= 11 is 0. The van der Waals surface area contributed by atoms with Crippen LogP contribution >= 0.6 is 0 Å². The van der Waals surface area contributed by atoms with Gasteiger partial charge in [0.05, 0.1) is 24.3 Å². The second-order valence-electron chi connectivity index (χ2n) is 8.24. The second kappa shape index (κ2) is 9.36. The highest BCUT2D eigenvalue weighted by Gasteiger charge is 2.33. The molecule has 6 nitrogen and oxygen atoms in total. The molecule has 0 aliphatic carbocycles. The number of aryl methyl sites for hydroxylation is 1. The number of ketones is 1. The Labute approximate surface area is 189 Å². The van der Waals surface area contributed by atoms with Crippen LogP contribution in [0.5, 0.6) is 0 Å². The molecule has 2 aromatic carbocycles. The number of H-pyrrole nitrogens is 1. The predicted molar refractivity (Wildman–Crippen MR) is 120 cm³/mol. The quantitative estimate of drug-likeness (QED) is 0.550. The van der Waals surface area contributed by atoms with Gasteiger partial charge >= 0.3 is 6.18 Å². The number of benzene rings is 2. The summed E-state index contributed by atoms with van der Waals surface area (Å²) in [5.74, 6) is -0.453. The summed E-state index contributed by atoms with van der Waals surface area (Å²) < 4.78 is 39.4. The number of alkyl halides is 3. The van der Waals surface area contributed by atoms with Crippen LogP contribution in [-0.2, 0) is 11.0 Å². The molecule has 174 valence electrons. The van der Waals surface area contributed by atoms with E-state index < -0.39 is 17.6 Å². The summed E-state index contributed by atoms with van der Waals surface area (Å²) in [6, 6.07) is 12.6. The van der Waals surface area contributed by atoms with Gasteiger partial charge < -0.3 is 10.3 Å². The molecule has 1 saturated heterocycles. The van der Waals surface area contributed by atoms with Gasteiger partial charge in [-0.1, -0.05) is 30.3 Å². The maximum atomic E-state index is 13.1. The number of rotatable bonds is 6. The molecule has 4 rings (SSSR count). The van der Waals surface area contributed by atoms with Crippen molar-refractivity contribution in [2.75, 3.05) is 44.6 Å². The summed E-state index contributed by atoms with van der Waals surface area (Å²) in [6.45, 7) is 4.46. The molecule has 0 bridgehead atoms. The van der Waals surface area contributed by atoms with Crippen LogP contribution in [0.25, 0.3) is 10.9 Å². The molecule has 3 aromatic rings. The lowest BCUT2D eigenvalue weighted by Gasteiger charge is -2.33. The van der Waals surface area contributed by atoms with Gasteiger partial charge in [-0.05, 0) is 25.1 Å². The molecule has 1 aliphatic rings. The van der Waals surface area contributed by atoms with Crippen LogP contribution in [0.2, 0.25) is 0 Å². The van der Waals surface area contributed by atoms with Crippen molar-refractivity contribution in [1.82, 2.24) is 14.8 Å². The number of carbonyl (C=O) groups is 2. The molecule has 0 spiro atoms. The Morgan fingerprint density at radius 2 is 1.55 bits per heavy atom. The number of piperazine rings is 1. The second-order valence-corrected chi connectivity index (χ2v) is 8.24. The molecule has 0 saturated carbocycles. The minimum absolute atomic E-state index is 0.00443. The number of nitrogens with zero attached hydrogens (tertiary/aromatic N) is 2. The highest BCUT2D eigenvalue weighted by Crippen LogP contribution is 2.34. The lowest BCUT2D eigenvalue weighted by Crippen LogP contribution is -2.49. The maximum absolute atomic E-state index is 13.1. The Hall–Kier alpha value is -3.17. The number of para-hydroxylation sites is 2. The fourth-order valence-corrected chi connectivity index (χ4v) is 4.26. The molecule has 1 amide bonds. The summed E-state index contributed by atoms with van der Waals surface area (Å²) in [4.78, 5) is 32.5. The van der Waals surface area contributed by atoms with Gasteiger partial charge in [-0.25, -0.2) is 0 Å². The van der Waals surface area contributed by atoms with E-state index in [0.717, 1.165) is 22.7 Å². The van der Waals surface area contributed by atoms with Crippen molar-refractivity contribution in [3.8, 4) is 0 Å². The van der Waals surface area contributed by atoms with Crippen LogP contribution in [0.15, 0.2) is 48.5 Å². The van der Waals surface area contributed by atoms with Crippen LogP contribution in [0.1, 0.15) is 21.6 Å². The average Bonchev–Trinajstić information content (AvgIpc) is 3.10. The number of aromatic amines is 1. The normalized spacial score (nSPS) is 15.6. The van der Waals surface area contributed by atoms with Gasteiger partial charge in [-0.3, -0.25) is 19.4 Å². The minimum atomic E-state index is -4.54. The smallest absolute Gasteiger partial charge is 0.358 e. The van der Waals surface area contributed by atoms with Crippen molar-refractivity contribution in [3.63, 3.8) is 0 Å². The van der Waals surface area contributed by atoms with E-state index in [0.29, 0.717) is 31.7 Å². The van der Waals surface area contributed by atoms with Gasteiger partial charge in [0.25, 0.3) is 0 Å². The van der Waals surface area contributed by atoms with Crippen LogP contribution in [-0.4, -0.2) is 65.7 Å². The number of Topliss-reactive ketones (excluding diaryl/α,β-unsaturated/α-hetero) is 1. The highest BCUT2D eigenvalue weighted by molar-refractivity contribution is 6.10. The van der Waals surface area contributed by atoms with Gasteiger partial charge in [0.15, 0.2) is 5.78 Å². The monoisotopic (exact) mass is 458 g/mol. The van der Waals surface area contributed by atoms with E-state index in [-0.39, 0.29) is 24.6 Å². The van der Waals surface area contributed by atoms with E-state index in [1.54, 1.807) is 0 Å². The molecule has 2 heterocycles. The van der Waals surface area contributed by atoms with Gasteiger partial charge in [0.1, 0.15) is 0 Å². The van der Waals surface area contributed by atoms with Gasteiger partial charge in [0.2, 0.25) is 5.91 Å². The number of hydrogen-bond acceptors (Lipinski definition) is 4. The molecule has 1 fully saturated rings.